The molecule has 0 saturated carbocycles. The first-order valence-electron chi connectivity index (χ1n) is 15.4. The average molecular weight is 541 g/mol. The number of unbranched alkanes of at least 4 members (excludes halogenated alkanes) is 10. The molecule has 0 fully saturated rings. The van der Waals surface area contributed by atoms with Crippen LogP contribution in [0, 0.1) is 0 Å². The maximum atomic E-state index is 12.5. The van der Waals surface area contributed by atoms with Crippen LogP contribution in [-0.2, 0) is 14.4 Å². The number of carboxylic acids is 3. The minimum absolute atomic E-state index is 0.194. The Bertz CT molecular complexity index is 617. The van der Waals surface area contributed by atoms with Crippen molar-refractivity contribution < 1.29 is 34.2 Å². The fraction of sp³-hybridized carbons (Fsp3) is 0.839. The van der Waals surface area contributed by atoms with E-state index in [-0.39, 0.29) is 25.8 Å². The lowest BCUT2D eigenvalue weighted by atomic mass is 9.91. The molecule has 7 nitrogen and oxygen atoms in total. The highest BCUT2D eigenvalue weighted by molar-refractivity contribution is 5.78. The molecule has 3 atom stereocenters. The van der Waals surface area contributed by atoms with Gasteiger partial charge in [-0.15, -0.1) is 0 Å². The van der Waals surface area contributed by atoms with Gasteiger partial charge in [0.05, 0.1) is 6.54 Å². The third-order valence-electron chi connectivity index (χ3n) is 7.86. The normalized spacial score (nSPS) is 15.7. The summed E-state index contributed by atoms with van der Waals surface area (Å²) in [6, 6.07) is -3.22. The van der Waals surface area contributed by atoms with E-state index in [1.165, 1.54) is 57.8 Å². The molecule has 38 heavy (non-hydrogen) atoms. The molecule has 0 rings (SSSR count). The van der Waals surface area contributed by atoms with Crippen LogP contribution in [0.3, 0.4) is 0 Å². The number of carbonyl (C=O) groups is 3. The van der Waals surface area contributed by atoms with Gasteiger partial charge in [0.25, 0.3) is 0 Å². The molecule has 0 spiro atoms. The zero-order chi connectivity index (χ0) is 28.8. The number of quaternary nitrogens is 1. The molecule has 0 aliphatic heterocycles. The lowest BCUT2D eigenvalue weighted by Crippen LogP contribution is -2.72. The van der Waals surface area contributed by atoms with Crippen molar-refractivity contribution in [3.8, 4) is 0 Å². The zero-order valence-electron chi connectivity index (χ0n) is 24.8. The molecule has 7 heteroatoms. The molecule has 0 aromatic carbocycles. The largest absolute Gasteiger partial charge is 0.477 e. The van der Waals surface area contributed by atoms with E-state index in [1.54, 1.807) is 0 Å². The van der Waals surface area contributed by atoms with Gasteiger partial charge in [0, 0.05) is 25.7 Å². The van der Waals surface area contributed by atoms with Gasteiger partial charge in [0.15, 0.2) is 18.1 Å². The molecule has 0 amide bonds. The smallest absolute Gasteiger partial charge is 0.362 e. The van der Waals surface area contributed by atoms with Crippen molar-refractivity contribution >= 4 is 17.9 Å². The van der Waals surface area contributed by atoms with Crippen LogP contribution >= 0.6 is 0 Å². The molecule has 0 aromatic rings. The molecule has 0 bridgehead atoms. The summed E-state index contributed by atoms with van der Waals surface area (Å²) >= 11 is 0. The summed E-state index contributed by atoms with van der Waals surface area (Å²) in [7, 11) is 0. The monoisotopic (exact) mass is 540 g/mol. The molecule has 0 saturated heterocycles. The number of hydrogen-bond donors (Lipinski definition) is 3. The predicted octanol–water partition coefficient (Wildman–Crippen LogP) is 7.82. The minimum Gasteiger partial charge on any atom is -0.477 e. The summed E-state index contributed by atoms with van der Waals surface area (Å²) in [6.45, 7) is 8.02. The van der Waals surface area contributed by atoms with Crippen LogP contribution in [0.5, 0.6) is 0 Å². The average Bonchev–Trinajstić information content (AvgIpc) is 2.87. The van der Waals surface area contributed by atoms with Gasteiger partial charge in [-0.05, 0) is 32.1 Å². The number of aliphatic carboxylic acids is 3. The van der Waals surface area contributed by atoms with Gasteiger partial charge in [-0.3, -0.25) is 4.48 Å². The van der Waals surface area contributed by atoms with Gasteiger partial charge in [-0.1, -0.05) is 97.6 Å². The topological polar surface area (TPSA) is 112 Å². The number of nitrogens with zero attached hydrogens (tertiary/aromatic N) is 1. The Kier molecular flexibility index (Phi) is 20.9. The van der Waals surface area contributed by atoms with Gasteiger partial charge in [0.2, 0.25) is 0 Å². The van der Waals surface area contributed by atoms with E-state index in [4.69, 9.17) is 0 Å². The Morgan fingerprint density at radius 2 is 0.868 bits per heavy atom. The van der Waals surface area contributed by atoms with E-state index in [0.717, 1.165) is 12.8 Å². The Hall–Kier alpha value is -1.89. The molecule has 0 radical (unpaired) electrons. The van der Waals surface area contributed by atoms with Crippen LogP contribution in [0.1, 0.15) is 143 Å². The van der Waals surface area contributed by atoms with Crippen molar-refractivity contribution in [2.24, 2.45) is 0 Å². The highest BCUT2D eigenvalue weighted by Gasteiger charge is 2.56. The number of rotatable bonds is 26. The molecule has 0 heterocycles. The third-order valence-corrected chi connectivity index (χ3v) is 7.86. The number of carboxylic acid groups (broad SMARTS) is 3. The van der Waals surface area contributed by atoms with Crippen LogP contribution in [0.15, 0.2) is 12.2 Å². The van der Waals surface area contributed by atoms with Gasteiger partial charge in [0.1, 0.15) is 0 Å². The second-order valence-electron chi connectivity index (χ2n) is 10.9. The van der Waals surface area contributed by atoms with Crippen molar-refractivity contribution in [1.29, 1.82) is 0 Å². The zero-order valence-corrected chi connectivity index (χ0v) is 24.8. The van der Waals surface area contributed by atoms with Gasteiger partial charge in [-0.2, -0.15) is 0 Å². The Morgan fingerprint density at radius 3 is 1.21 bits per heavy atom. The Labute approximate surface area is 232 Å². The summed E-state index contributed by atoms with van der Waals surface area (Å²) in [6.07, 6.45) is 20.7. The van der Waals surface area contributed by atoms with Crippen LogP contribution in [0.2, 0.25) is 0 Å². The fourth-order valence-corrected chi connectivity index (χ4v) is 5.93. The van der Waals surface area contributed by atoms with E-state index >= 15 is 0 Å². The van der Waals surface area contributed by atoms with E-state index in [9.17, 15) is 29.7 Å². The van der Waals surface area contributed by atoms with E-state index in [1.807, 2.05) is 26.8 Å². The van der Waals surface area contributed by atoms with Crippen molar-refractivity contribution in [1.82, 2.24) is 0 Å². The molecule has 3 unspecified atom stereocenters. The SMILES string of the molecule is CCCCCCCCCCCC/C=C/CC[N+](C(CCC)C(=O)O)(C(CCC)C(=O)O)C(CCC)C(=O)O. The molecular formula is C31H58NO6+. The molecule has 3 N–H and O–H groups in total. The molecular weight excluding hydrogens is 482 g/mol. The molecule has 0 aromatic heterocycles. The summed E-state index contributed by atoms with van der Waals surface area (Å²) in [5, 5.41) is 30.7. The highest BCUT2D eigenvalue weighted by atomic mass is 16.4. The van der Waals surface area contributed by atoms with Crippen LogP contribution in [0.25, 0.3) is 0 Å². The van der Waals surface area contributed by atoms with Gasteiger partial charge < -0.3 is 15.3 Å². The number of allylic oxidation sites excluding steroid dienone is 1. The molecule has 0 aliphatic rings. The maximum Gasteiger partial charge on any atom is 0.362 e. The first kappa shape index (κ1) is 36.1. The van der Waals surface area contributed by atoms with E-state index < -0.39 is 40.5 Å². The molecule has 222 valence electrons. The lowest BCUT2D eigenvalue weighted by molar-refractivity contribution is -0.973. The second-order valence-corrected chi connectivity index (χ2v) is 10.9. The Morgan fingerprint density at radius 1 is 0.526 bits per heavy atom. The lowest BCUT2D eigenvalue weighted by Gasteiger charge is -2.50. The predicted molar refractivity (Wildman–Crippen MR) is 154 cm³/mol. The summed E-state index contributed by atoms with van der Waals surface area (Å²) < 4.78 is -0.419. The van der Waals surface area contributed by atoms with Crippen LogP contribution in [0.4, 0.5) is 0 Å². The fourth-order valence-electron chi connectivity index (χ4n) is 5.93. The quantitative estimate of drug-likeness (QED) is 0.0586. The maximum absolute atomic E-state index is 12.5. The van der Waals surface area contributed by atoms with Crippen molar-refractivity contribution in [2.75, 3.05) is 6.54 Å². The summed E-state index contributed by atoms with van der Waals surface area (Å²) in [5.74, 6) is -3.32. The van der Waals surface area contributed by atoms with Gasteiger partial charge in [-0.25, -0.2) is 14.4 Å². The van der Waals surface area contributed by atoms with E-state index in [2.05, 4.69) is 13.0 Å². The summed E-state index contributed by atoms with van der Waals surface area (Å²) in [5.41, 5.74) is 0. The second kappa shape index (κ2) is 22.0. The Balaban J connectivity index is 5.44. The van der Waals surface area contributed by atoms with Crippen molar-refractivity contribution in [3.63, 3.8) is 0 Å². The number of hydrogen-bond acceptors (Lipinski definition) is 3. The highest BCUT2D eigenvalue weighted by Crippen LogP contribution is 2.34. The van der Waals surface area contributed by atoms with Crippen molar-refractivity contribution in [3.05, 3.63) is 12.2 Å². The standard InChI is InChI=1S/C31H57NO6/c1-5-9-10-11-12-13-14-15-16-17-18-19-20-21-25-32(26(22-6-2)29(33)34,27(23-7-3)30(35)36)28(24-8-4)31(37)38/h19-20,26-28H,5-18,21-25H2,1-4H3,(H2-,33,34,35,36,37,38)/p+1/b20-19+. The third kappa shape index (κ3) is 12.8. The first-order chi connectivity index (χ1) is 18.2. The van der Waals surface area contributed by atoms with Crippen LogP contribution in [-0.4, -0.2) is 62.4 Å². The minimum atomic E-state index is -1.11. The van der Waals surface area contributed by atoms with Crippen molar-refractivity contribution in [2.45, 2.75) is 161 Å². The molecule has 0 aliphatic carbocycles. The summed E-state index contributed by atoms with van der Waals surface area (Å²) in [4.78, 5) is 37.6. The van der Waals surface area contributed by atoms with Crippen LogP contribution < -0.4 is 0 Å². The van der Waals surface area contributed by atoms with E-state index in [0.29, 0.717) is 25.7 Å². The first-order valence-corrected chi connectivity index (χ1v) is 15.4. The van der Waals surface area contributed by atoms with Gasteiger partial charge >= 0.3 is 17.9 Å².